The second-order valence-electron chi connectivity index (χ2n) is 6.03. The first-order valence-electron chi connectivity index (χ1n) is 8.12. The van der Waals surface area contributed by atoms with E-state index in [4.69, 9.17) is 0 Å². The van der Waals surface area contributed by atoms with Gasteiger partial charge in [0.2, 0.25) is 0 Å². The molecule has 0 saturated carbocycles. The van der Waals surface area contributed by atoms with Crippen molar-refractivity contribution in [2.45, 2.75) is 19.4 Å². The van der Waals surface area contributed by atoms with Gasteiger partial charge in [-0.15, -0.1) is 12.4 Å². The SMILES string of the molecule is Cc1cccc(C(=O)Nc2ccccc2C(=O)NC2CCNC2)c1.Cl. The van der Waals surface area contributed by atoms with Crippen molar-refractivity contribution in [3.8, 4) is 0 Å². The van der Waals surface area contributed by atoms with Crippen LogP contribution in [0.25, 0.3) is 0 Å². The molecular weight excluding hydrogens is 338 g/mol. The Kier molecular flexibility index (Phi) is 6.56. The van der Waals surface area contributed by atoms with Gasteiger partial charge < -0.3 is 16.0 Å². The lowest BCUT2D eigenvalue weighted by Crippen LogP contribution is -2.36. The van der Waals surface area contributed by atoms with E-state index in [0.29, 0.717) is 16.8 Å². The molecular formula is C19H22ClN3O2. The van der Waals surface area contributed by atoms with E-state index in [1.165, 1.54) is 0 Å². The summed E-state index contributed by atoms with van der Waals surface area (Å²) in [5.74, 6) is -0.384. The van der Waals surface area contributed by atoms with Crippen molar-refractivity contribution < 1.29 is 9.59 Å². The Bertz CT molecular complexity index is 758. The van der Waals surface area contributed by atoms with Gasteiger partial charge in [0.15, 0.2) is 0 Å². The Balaban J connectivity index is 0.00000225. The normalized spacial score (nSPS) is 16.0. The minimum Gasteiger partial charge on any atom is -0.348 e. The number of halogens is 1. The van der Waals surface area contributed by atoms with Crippen molar-refractivity contribution in [2.75, 3.05) is 18.4 Å². The highest BCUT2D eigenvalue weighted by Crippen LogP contribution is 2.17. The molecule has 132 valence electrons. The molecule has 1 fully saturated rings. The lowest BCUT2D eigenvalue weighted by atomic mass is 10.1. The van der Waals surface area contributed by atoms with Crippen molar-refractivity contribution >= 4 is 29.9 Å². The van der Waals surface area contributed by atoms with E-state index in [2.05, 4.69) is 16.0 Å². The van der Waals surface area contributed by atoms with Gasteiger partial charge >= 0.3 is 0 Å². The largest absolute Gasteiger partial charge is 0.348 e. The maximum Gasteiger partial charge on any atom is 0.255 e. The van der Waals surface area contributed by atoms with Crippen LogP contribution in [0, 0.1) is 6.92 Å². The van der Waals surface area contributed by atoms with E-state index in [0.717, 1.165) is 25.1 Å². The van der Waals surface area contributed by atoms with Crippen molar-refractivity contribution in [1.82, 2.24) is 10.6 Å². The maximum absolute atomic E-state index is 12.5. The van der Waals surface area contributed by atoms with Gasteiger partial charge in [0.05, 0.1) is 11.3 Å². The molecule has 1 aliphatic heterocycles. The predicted octanol–water partition coefficient (Wildman–Crippen LogP) is 2.76. The van der Waals surface area contributed by atoms with Crippen LogP contribution in [-0.4, -0.2) is 30.9 Å². The smallest absolute Gasteiger partial charge is 0.255 e. The zero-order valence-corrected chi connectivity index (χ0v) is 14.9. The fraction of sp³-hybridized carbons (Fsp3) is 0.263. The summed E-state index contributed by atoms with van der Waals surface area (Å²) in [6, 6.07) is 14.6. The number of rotatable bonds is 4. The minimum atomic E-state index is -0.221. The van der Waals surface area contributed by atoms with Gasteiger partial charge in [-0.05, 0) is 44.2 Å². The molecule has 25 heavy (non-hydrogen) atoms. The van der Waals surface area contributed by atoms with Crippen LogP contribution in [0.5, 0.6) is 0 Å². The van der Waals surface area contributed by atoms with Crippen LogP contribution in [0.1, 0.15) is 32.7 Å². The number of aryl methyl sites for hydroxylation is 1. The number of benzene rings is 2. The van der Waals surface area contributed by atoms with Gasteiger partial charge in [-0.3, -0.25) is 9.59 Å². The number of anilines is 1. The lowest BCUT2D eigenvalue weighted by molar-refractivity contribution is 0.0941. The number of amides is 2. The molecule has 0 radical (unpaired) electrons. The molecule has 0 aromatic heterocycles. The van der Waals surface area contributed by atoms with E-state index in [-0.39, 0.29) is 30.3 Å². The number of hydrogen-bond acceptors (Lipinski definition) is 3. The van der Waals surface area contributed by atoms with Crippen molar-refractivity contribution in [3.63, 3.8) is 0 Å². The van der Waals surface area contributed by atoms with E-state index >= 15 is 0 Å². The summed E-state index contributed by atoms with van der Waals surface area (Å²) in [4.78, 5) is 24.9. The molecule has 0 spiro atoms. The molecule has 0 aliphatic carbocycles. The Morgan fingerprint density at radius 2 is 1.88 bits per heavy atom. The van der Waals surface area contributed by atoms with Gasteiger partial charge in [0.25, 0.3) is 11.8 Å². The summed E-state index contributed by atoms with van der Waals surface area (Å²) < 4.78 is 0. The van der Waals surface area contributed by atoms with Crippen molar-refractivity contribution in [1.29, 1.82) is 0 Å². The molecule has 1 saturated heterocycles. The van der Waals surface area contributed by atoms with Gasteiger partial charge in [-0.1, -0.05) is 29.8 Å². The highest BCUT2D eigenvalue weighted by Gasteiger charge is 2.20. The highest BCUT2D eigenvalue weighted by atomic mass is 35.5. The third kappa shape index (κ3) is 4.81. The molecule has 3 N–H and O–H groups in total. The quantitative estimate of drug-likeness (QED) is 0.786. The Hall–Kier alpha value is -2.37. The average Bonchev–Trinajstić information content (AvgIpc) is 3.08. The number of carbonyl (C=O) groups excluding carboxylic acids is 2. The Morgan fingerprint density at radius 3 is 2.60 bits per heavy atom. The first-order chi connectivity index (χ1) is 11.6. The first kappa shape index (κ1) is 19.0. The van der Waals surface area contributed by atoms with Gasteiger partial charge in [0, 0.05) is 18.2 Å². The minimum absolute atomic E-state index is 0. The van der Waals surface area contributed by atoms with E-state index < -0.39 is 0 Å². The monoisotopic (exact) mass is 359 g/mol. The van der Waals surface area contributed by atoms with E-state index in [1.54, 1.807) is 30.3 Å². The Labute approximate surface area is 153 Å². The second kappa shape index (κ2) is 8.65. The fourth-order valence-corrected chi connectivity index (χ4v) is 2.81. The zero-order chi connectivity index (χ0) is 16.9. The third-order valence-electron chi connectivity index (χ3n) is 4.10. The molecule has 2 aromatic carbocycles. The summed E-state index contributed by atoms with van der Waals surface area (Å²) in [7, 11) is 0. The van der Waals surface area contributed by atoms with E-state index in [9.17, 15) is 9.59 Å². The maximum atomic E-state index is 12.5. The molecule has 2 aromatic rings. The predicted molar refractivity (Wildman–Crippen MR) is 102 cm³/mol. The topological polar surface area (TPSA) is 70.2 Å². The zero-order valence-electron chi connectivity index (χ0n) is 14.0. The summed E-state index contributed by atoms with van der Waals surface area (Å²) in [6.07, 6.45) is 0.920. The molecule has 2 amide bonds. The van der Waals surface area contributed by atoms with Crippen LogP contribution in [0.15, 0.2) is 48.5 Å². The number of carbonyl (C=O) groups is 2. The van der Waals surface area contributed by atoms with Crippen LogP contribution in [0.3, 0.4) is 0 Å². The van der Waals surface area contributed by atoms with Crippen LogP contribution < -0.4 is 16.0 Å². The van der Waals surface area contributed by atoms with Gasteiger partial charge in [0.1, 0.15) is 0 Å². The van der Waals surface area contributed by atoms with Crippen molar-refractivity contribution in [2.24, 2.45) is 0 Å². The van der Waals surface area contributed by atoms with E-state index in [1.807, 2.05) is 25.1 Å². The van der Waals surface area contributed by atoms with Gasteiger partial charge in [-0.25, -0.2) is 0 Å². The number of para-hydroxylation sites is 1. The molecule has 1 aliphatic rings. The lowest BCUT2D eigenvalue weighted by Gasteiger charge is -2.14. The molecule has 1 atom stereocenters. The molecule has 0 bridgehead atoms. The Morgan fingerprint density at radius 1 is 1.08 bits per heavy atom. The first-order valence-corrected chi connectivity index (χ1v) is 8.12. The average molecular weight is 360 g/mol. The number of hydrogen-bond donors (Lipinski definition) is 3. The van der Waals surface area contributed by atoms with Crippen molar-refractivity contribution in [3.05, 3.63) is 65.2 Å². The summed E-state index contributed by atoms with van der Waals surface area (Å²) >= 11 is 0. The number of nitrogens with one attached hydrogen (secondary N) is 3. The van der Waals surface area contributed by atoms with Crippen LogP contribution in [0.4, 0.5) is 5.69 Å². The fourth-order valence-electron chi connectivity index (χ4n) is 2.81. The molecule has 5 nitrogen and oxygen atoms in total. The highest BCUT2D eigenvalue weighted by molar-refractivity contribution is 6.09. The summed E-state index contributed by atoms with van der Waals surface area (Å²) in [6.45, 7) is 3.63. The standard InChI is InChI=1S/C19H21N3O2.ClH/c1-13-5-4-6-14(11-13)18(23)22-17-8-3-2-7-16(17)19(24)21-15-9-10-20-12-15;/h2-8,11,15,20H,9-10,12H2,1H3,(H,21,24)(H,22,23);1H. The molecule has 1 heterocycles. The van der Waals surface area contributed by atoms with Crippen LogP contribution in [0.2, 0.25) is 0 Å². The molecule has 3 rings (SSSR count). The third-order valence-corrected chi connectivity index (χ3v) is 4.10. The second-order valence-corrected chi connectivity index (χ2v) is 6.03. The summed E-state index contributed by atoms with van der Waals surface area (Å²) in [5, 5.41) is 9.07. The van der Waals surface area contributed by atoms with Crippen LogP contribution >= 0.6 is 12.4 Å². The molecule has 1 unspecified atom stereocenters. The van der Waals surface area contributed by atoms with Gasteiger partial charge in [-0.2, -0.15) is 0 Å². The summed E-state index contributed by atoms with van der Waals surface area (Å²) in [5.41, 5.74) is 2.59. The molecule has 6 heteroatoms. The van der Waals surface area contributed by atoms with Crippen LogP contribution in [-0.2, 0) is 0 Å².